The van der Waals surface area contributed by atoms with Gasteiger partial charge in [0.05, 0.1) is 5.56 Å². The summed E-state index contributed by atoms with van der Waals surface area (Å²) < 4.78 is 5.88. The molecular weight excluding hydrogens is 627 g/mol. The van der Waals surface area contributed by atoms with Gasteiger partial charge in [-0.2, -0.15) is 0 Å². The number of rotatable bonds is 10. The van der Waals surface area contributed by atoms with Crippen molar-refractivity contribution in [3.63, 3.8) is 0 Å². The fourth-order valence-electron chi connectivity index (χ4n) is 3.68. The van der Waals surface area contributed by atoms with Gasteiger partial charge in [0.15, 0.2) is 0 Å². The molecule has 0 saturated carbocycles. The number of halogens is 4. The van der Waals surface area contributed by atoms with Crippen molar-refractivity contribution in [3.8, 4) is 5.75 Å². The van der Waals surface area contributed by atoms with Gasteiger partial charge in [0.1, 0.15) is 15.1 Å². The molecule has 1 aliphatic rings. The van der Waals surface area contributed by atoms with Crippen molar-refractivity contribution < 1.29 is 14.7 Å². The Morgan fingerprint density at radius 1 is 1.03 bits per heavy atom. The molecule has 1 unspecified atom stereocenters. The summed E-state index contributed by atoms with van der Waals surface area (Å²) in [7, 11) is -3.00. The molecule has 1 heterocycles. The van der Waals surface area contributed by atoms with E-state index >= 15 is 0 Å². The van der Waals surface area contributed by atoms with Gasteiger partial charge in [-0.1, -0.05) is 80.4 Å². The molecule has 2 aromatic carbocycles. The smallest absolute Gasteiger partial charge is 0.277 e. The predicted molar refractivity (Wildman–Crippen MR) is 149 cm³/mol. The summed E-state index contributed by atoms with van der Waals surface area (Å²) in [6.07, 6.45) is 6.12. The van der Waals surface area contributed by atoms with Crippen LogP contribution in [0.3, 0.4) is 0 Å². The van der Waals surface area contributed by atoms with Crippen molar-refractivity contribution in [1.82, 2.24) is 4.31 Å². The van der Waals surface area contributed by atoms with Crippen molar-refractivity contribution in [2.24, 2.45) is 0 Å². The monoisotopic (exact) mass is 650 g/mol. The molecular formula is C24H26Br2Cl2N2O3S. The number of anilines is 1. The highest BCUT2D eigenvalue weighted by molar-refractivity contribution is 9.13. The zero-order valence-corrected chi connectivity index (χ0v) is 24.1. The fraction of sp³-hybridized carbons (Fsp3) is 0.333. The number of aromatic hydroxyl groups is 1. The van der Waals surface area contributed by atoms with E-state index in [4.69, 9.17) is 23.2 Å². The van der Waals surface area contributed by atoms with Gasteiger partial charge in [0, 0.05) is 31.6 Å². The SMILES string of the molecule is CCCCCCCCN1C(=O)C(Cl)=C(Cl)S1(Nc1ccccc1)C(=O)c1cc(Br)c(Br)cc1O. The number of benzene rings is 2. The lowest BCUT2D eigenvalue weighted by atomic mass is 10.1. The summed E-state index contributed by atoms with van der Waals surface area (Å²) in [5.41, 5.74) is 0.658. The van der Waals surface area contributed by atoms with Crippen LogP contribution < -0.4 is 4.72 Å². The van der Waals surface area contributed by atoms with E-state index in [1.165, 1.54) is 22.9 Å². The van der Waals surface area contributed by atoms with E-state index in [-0.39, 0.29) is 20.7 Å². The molecule has 0 radical (unpaired) electrons. The van der Waals surface area contributed by atoms with E-state index in [1.54, 1.807) is 12.1 Å². The summed E-state index contributed by atoms with van der Waals surface area (Å²) in [4.78, 5) is 27.4. The number of phenols is 1. The van der Waals surface area contributed by atoms with Crippen molar-refractivity contribution in [3.05, 3.63) is 66.4 Å². The van der Waals surface area contributed by atoms with Crippen molar-refractivity contribution >= 4 is 82.2 Å². The van der Waals surface area contributed by atoms with E-state index in [0.717, 1.165) is 25.7 Å². The number of hydrogen-bond acceptors (Lipinski definition) is 4. The van der Waals surface area contributed by atoms with Gasteiger partial charge >= 0.3 is 0 Å². The molecule has 34 heavy (non-hydrogen) atoms. The largest absolute Gasteiger partial charge is 0.507 e. The lowest BCUT2D eigenvalue weighted by molar-refractivity contribution is -0.121. The Bertz CT molecular complexity index is 1100. The number of hydrogen-bond donors (Lipinski definition) is 2. The molecule has 0 aromatic heterocycles. The first-order chi connectivity index (χ1) is 16.2. The Labute approximate surface area is 228 Å². The highest BCUT2D eigenvalue weighted by Crippen LogP contribution is 2.67. The Morgan fingerprint density at radius 3 is 2.32 bits per heavy atom. The summed E-state index contributed by atoms with van der Waals surface area (Å²) >= 11 is 19.8. The Kier molecular flexibility index (Phi) is 9.81. The predicted octanol–water partition coefficient (Wildman–Crippen LogP) is 8.65. The molecule has 184 valence electrons. The molecule has 2 aromatic rings. The van der Waals surface area contributed by atoms with Gasteiger partial charge in [-0.3, -0.25) is 13.9 Å². The average Bonchev–Trinajstić information content (AvgIpc) is 3.00. The van der Waals surface area contributed by atoms with Crippen molar-refractivity contribution in [1.29, 1.82) is 0 Å². The average molecular weight is 653 g/mol. The van der Waals surface area contributed by atoms with Gasteiger partial charge in [-0.25, -0.2) is 0 Å². The summed E-state index contributed by atoms with van der Waals surface area (Å²) in [6, 6.07) is 12.0. The summed E-state index contributed by atoms with van der Waals surface area (Å²) in [5, 5.41) is 9.98. The molecule has 0 fully saturated rings. The maximum Gasteiger partial charge on any atom is 0.277 e. The van der Waals surface area contributed by atoms with E-state index < -0.39 is 21.4 Å². The molecule has 1 amide bonds. The number of phenolic OH excluding ortho intramolecular Hbond substituents is 1. The van der Waals surface area contributed by atoms with Crippen molar-refractivity contribution in [2.45, 2.75) is 45.4 Å². The van der Waals surface area contributed by atoms with E-state index in [2.05, 4.69) is 43.5 Å². The highest BCUT2D eigenvalue weighted by Gasteiger charge is 2.53. The molecule has 0 spiro atoms. The van der Waals surface area contributed by atoms with Crippen LogP contribution in [0.15, 0.2) is 60.8 Å². The van der Waals surface area contributed by atoms with Gasteiger partial charge in [0.2, 0.25) is 5.12 Å². The van der Waals surface area contributed by atoms with Crippen LogP contribution in [0.25, 0.3) is 0 Å². The highest BCUT2D eigenvalue weighted by atomic mass is 79.9. The molecule has 10 heteroatoms. The Hall–Kier alpha value is -1.19. The van der Waals surface area contributed by atoms with Crippen LogP contribution in [0.5, 0.6) is 5.75 Å². The third-order valence-electron chi connectivity index (χ3n) is 5.46. The normalized spacial score (nSPS) is 19.9. The molecule has 1 atom stereocenters. The molecule has 0 aliphatic carbocycles. The Morgan fingerprint density at radius 2 is 1.65 bits per heavy atom. The van der Waals surface area contributed by atoms with Crippen LogP contribution in [0.4, 0.5) is 5.69 Å². The number of amides is 1. The quantitative estimate of drug-likeness (QED) is 0.252. The van der Waals surface area contributed by atoms with Gasteiger partial charge in [-0.05, 0) is 62.5 Å². The van der Waals surface area contributed by atoms with Gasteiger partial charge in [-0.15, -0.1) is 0 Å². The topological polar surface area (TPSA) is 69.6 Å². The van der Waals surface area contributed by atoms with Gasteiger partial charge < -0.3 is 9.83 Å². The first kappa shape index (κ1) is 27.4. The molecule has 0 saturated heterocycles. The van der Waals surface area contributed by atoms with Crippen LogP contribution in [-0.2, 0) is 4.79 Å². The summed E-state index contributed by atoms with van der Waals surface area (Å²) in [6.45, 7) is 2.48. The zero-order chi connectivity index (χ0) is 24.9. The van der Waals surface area contributed by atoms with E-state index in [0.29, 0.717) is 27.6 Å². The number of carbonyl (C=O) groups is 2. The first-order valence-electron chi connectivity index (χ1n) is 11.0. The lowest BCUT2D eigenvalue weighted by Crippen LogP contribution is -2.38. The number of nitrogens with one attached hydrogen (secondary N) is 1. The summed E-state index contributed by atoms with van der Waals surface area (Å²) in [5.74, 6) is -0.705. The van der Waals surface area contributed by atoms with Crippen molar-refractivity contribution in [2.75, 3.05) is 11.3 Å². The van der Waals surface area contributed by atoms with Crippen LogP contribution in [-0.4, -0.2) is 27.0 Å². The van der Waals surface area contributed by atoms with E-state index in [1.807, 2.05) is 18.2 Å². The van der Waals surface area contributed by atoms with Crippen LogP contribution >= 0.6 is 65.5 Å². The maximum absolute atomic E-state index is 14.2. The fourth-order valence-corrected chi connectivity index (χ4v) is 8.40. The minimum Gasteiger partial charge on any atom is -0.507 e. The molecule has 5 nitrogen and oxygen atoms in total. The minimum absolute atomic E-state index is 0.0301. The zero-order valence-electron chi connectivity index (χ0n) is 18.6. The maximum atomic E-state index is 14.2. The minimum atomic E-state index is -3.00. The standard InChI is InChI=1S/C24H26Br2Cl2N2O3S/c1-2-3-4-5-6-10-13-30-23(32)21(27)22(28)34(30,29-16-11-8-7-9-12-16)24(33)17-14-18(25)19(26)15-20(17)31/h7-9,11-12,14-15,29,31H,2-6,10,13H2,1H3. The molecule has 1 aliphatic heterocycles. The third-order valence-corrected chi connectivity index (χ3v) is 11.7. The lowest BCUT2D eigenvalue weighted by Gasteiger charge is -2.43. The van der Waals surface area contributed by atoms with Crippen LogP contribution in [0, 0.1) is 0 Å². The third kappa shape index (κ3) is 5.62. The number of unbranched alkanes of at least 4 members (excludes halogenated alkanes) is 5. The second-order valence-electron chi connectivity index (χ2n) is 7.88. The second kappa shape index (κ2) is 12.2. The second-order valence-corrected chi connectivity index (χ2v) is 13.2. The van der Waals surface area contributed by atoms with E-state index in [9.17, 15) is 14.7 Å². The number of para-hydroxylation sites is 1. The van der Waals surface area contributed by atoms with Crippen LogP contribution in [0.1, 0.15) is 55.8 Å². The van der Waals surface area contributed by atoms with Crippen LogP contribution in [0.2, 0.25) is 0 Å². The first-order valence-corrected chi connectivity index (χ1v) is 14.9. The number of nitrogens with zero attached hydrogens (tertiary/aromatic N) is 1. The number of carbonyl (C=O) groups excluding carboxylic acids is 2. The Balaban J connectivity index is 2.05. The molecule has 2 N–H and O–H groups in total. The van der Waals surface area contributed by atoms with Gasteiger partial charge in [0.25, 0.3) is 5.91 Å². The molecule has 3 rings (SSSR count). The molecule has 0 bridgehead atoms.